The highest BCUT2D eigenvalue weighted by Gasteiger charge is 2.10. The van der Waals surface area contributed by atoms with Gasteiger partial charge < -0.3 is 5.32 Å². The largest absolute Gasteiger partial charge is 0.307 e. The molecule has 0 saturated carbocycles. The third kappa shape index (κ3) is 5.09. The van der Waals surface area contributed by atoms with Crippen molar-refractivity contribution in [2.45, 2.75) is 26.4 Å². The molecule has 120 valence electrons. The maximum absolute atomic E-state index is 11.4. The lowest BCUT2D eigenvalue weighted by Gasteiger charge is -2.13. The zero-order valence-electron chi connectivity index (χ0n) is 12.5. The van der Waals surface area contributed by atoms with Gasteiger partial charge in [0.25, 0.3) is 0 Å². The molecule has 0 amide bonds. The van der Waals surface area contributed by atoms with Crippen molar-refractivity contribution < 1.29 is 8.42 Å². The molecule has 1 unspecified atom stereocenters. The van der Waals surface area contributed by atoms with Crippen LogP contribution in [-0.4, -0.2) is 41.7 Å². The van der Waals surface area contributed by atoms with Gasteiger partial charge >= 0.3 is 0 Å². The topological polar surface area (TPSA) is 96.9 Å². The van der Waals surface area contributed by atoms with E-state index in [1.165, 1.54) is 11.3 Å². The van der Waals surface area contributed by atoms with Crippen molar-refractivity contribution in [3.63, 3.8) is 0 Å². The first-order valence-corrected chi connectivity index (χ1v) is 9.45. The summed E-state index contributed by atoms with van der Waals surface area (Å²) in [7, 11) is -3.15. The van der Waals surface area contributed by atoms with Crippen LogP contribution in [-0.2, 0) is 16.6 Å². The summed E-state index contributed by atoms with van der Waals surface area (Å²) in [6, 6.07) is 0.0167. The molecule has 7 nitrogen and oxygen atoms in total. The summed E-state index contributed by atoms with van der Waals surface area (Å²) in [5.41, 5.74) is 1.65. The van der Waals surface area contributed by atoms with Gasteiger partial charge in [-0.25, -0.2) is 18.1 Å². The van der Waals surface area contributed by atoms with E-state index >= 15 is 0 Å². The smallest absolute Gasteiger partial charge is 0.211 e. The Hall–Kier alpha value is -1.42. The van der Waals surface area contributed by atoms with Gasteiger partial charge in [0.2, 0.25) is 10.0 Å². The highest BCUT2D eigenvalue weighted by molar-refractivity contribution is 7.89. The fourth-order valence-electron chi connectivity index (χ4n) is 1.62. The van der Waals surface area contributed by atoms with Crippen LogP contribution in [0, 0.1) is 0 Å². The van der Waals surface area contributed by atoms with Gasteiger partial charge in [0.15, 0.2) is 0 Å². The summed E-state index contributed by atoms with van der Waals surface area (Å²) in [6.07, 6.45) is 4.94. The van der Waals surface area contributed by atoms with Crippen molar-refractivity contribution in [1.29, 1.82) is 0 Å². The summed E-state index contributed by atoms with van der Waals surface area (Å²) in [6.45, 7) is 4.47. The molecule has 0 bridgehead atoms. The minimum Gasteiger partial charge on any atom is -0.307 e. The molecular weight excluding hydrogens is 322 g/mol. The van der Waals surface area contributed by atoms with E-state index in [4.69, 9.17) is 0 Å². The van der Waals surface area contributed by atoms with E-state index < -0.39 is 10.0 Å². The van der Waals surface area contributed by atoms with E-state index in [0.29, 0.717) is 13.1 Å². The molecule has 0 aromatic carbocycles. The molecule has 9 heteroatoms. The maximum atomic E-state index is 11.4. The second kappa shape index (κ2) is 7.73. The lowest BCUT2D eigenvalue weighted by molar-refractivity contribution is 0.522. The molecular formula is C13H19N5O2S2. The Morgan fingerprint density at radius 2 is 2.18 bits per heavy atom. The standard InChI is InChI=1S/C13H19N5O2S2/c1-3-22(19,20)17-6-10(2)16-7-11-9-21-13(18-11)12-8-14-4-5-15-12/h4-5,8-10,16-17H,3,6-7H2,1-2H3. The van der Waals surface area contributed by atoms with E-state index in [9.17, 15) is 8.42 Å². The number of aromatic nitrogens is 3. The normalized spacial score (nSPS) is 13.2. The van der Waals surface area contributed by atoms with Gasteiger partial charge in [0.05, 0.1) is 17.6 Å². The molecule has 2 rings (SSSR count). The molecule has 0 aliphatic rings. The fourth-order valence-corrected chi connectivity index (χ4v) is 3.11. The van der Waals surface area contributed by atoms with Gasteiger partial charge in [-0.2, -0.15) is 0 Å². The highest BCUT2D eigenvalue weighted by atomic mass is 32.2. The van der Waals surface area contributed by atoms with Crippen LogP contribution >= 0.6 is 11.3 Å². The zero-order chi connectivity index (χ0) is 16.0. The van der Waals surface area contributed by atoms with Crippen LogP contribution in [0.3, 0.4) is 0 Å². The van der Waals surface area contributed by atoms with E-state index in [1.807, 2.05) is 12.3 Å². The first-order valence-electron chi connectivity index (χ1n) is 6.91. The molecule has 22 heavy (non-hydrogen) atoms. The average molecular weight is 341 g/mol. The maximum Gasteiger partial charge on any atom is 0.211 e. The van der Waals surface area contributed by atoms with Crippen LogP contribution in [0.15, 0.2) is 24.0 Å². The molecule has 2 N–H and O–H groups in total. The van der Waals surface area contributed by atoms with Gasteiger partial charge in [-0.1, -0.05) is 0 Å². The number of nitrogens with zero attached hydrogens (tertiary/aromatic N) is 3. The molecule has 0 saturated heterocycles. The molecule has 2 heterocycles. The predicted octanol–water partition coefficient (Wildman–Crippen LogP) is 1.02. The van der Waals surface area contributed by atoms with Crippen molar-refractivity contribution >= 4 is 21.4 Å². The number of nitrogens with one attached hydrogen (secondary N) is 2. The van der Waals surface area contributed by atoms with Crippen LogP contribution in [0.25, 0.3) is 10.7 Å². The van der Waals surface area contributed by atoms with Crippen molar-refractivity contribution in [3.05, 3.63) is 29.7 Å². The Kier molecular flexibility index (Phi) is 5.95. The van der Waals surface area contributed by atoms with E-state index in [-0.39, 0.29) is 11.8 Å². The van der Waals surface area contributed by atoms with Gasteiger partial charge in [0, 0.05) is 36.9 Å². The van der Waals surface area contributed by atoms with E-state index in [2.05, 4.69) is 25.0 Å². The van der Waals surface area contributed by atoms with E-state index in [1.54, 1.807) is 25.5 Å². The van der Waals surface area contributed by atoms with Gasteiger partial charge in [-0.05, 0) is 13.8 Å². The molecule has 1 atom stereocenters. The first-order chi connectivity index (χ1) is 10.5. The van der Waals surface area contributed by atoms with Crippen LogP contribution in [0.4, 0.5) is 0 Å². The number of hydrogen-bond acceptors (Lipinski definition) is 7. The fraction of sp³-hybridized carbons (Fsp3) is 0.462. The summed E-state index contributed by atoms with van der Waals surface area (Å²) in [5.74, 6) is 0.0906. The molecule has 2 aromatic rings. The molecule has 0 aliphatic carbocycles. The molecule has 0 spiro atoms. The highest BCUT2D eigenvalue weighted by Crippen LogP contribution is 2.20. The number of thiazole rings is 1. The van der Waals surface area contributed by atoms with Crippen LogP contribution < -0.4 is 10.0 Å². The molecule has 2 aromatic heterocycles. The summed E-state index contributed by atoms with van der Waals surface area (Å²) >= 11 is 1.51. The Labute approximate surface area is 134 Å². The van der Waals surface area contributed by atoms with Crippen LogP contribution in [0.2, 0.25) is 0 Å². The van der Waals surface area contributed by atoms with Crippen molar-refractivity contribution in [3.8, 4) is 10.7 Å². The molecule has 0 radical (unpaired) electrons. The quantitative estimate of drug-likeness (QED) is 0.744. The van der Waals surface area contributed by atoms with Gasteiger partial charge in [-0.3, -0.25) is 9.97 Å². The van der Waals surface area contributed by atoms with E-state index in [0.717, 1.165) is 16.4 Å². The lowest BCUT2D eigenvalue weighted by atomic mass is 10.3. The Morgan fingerprint density at radius 1 is 1.36 bits per heavy atom. The van der Waals surface area contributed by atoms with Gasteiger partial charge in [-0.15, -0.1) is 11.3 Å². The van der Waals surface area contributed by atoms with Crippen LogP contribution in [0.1, 0.15) is 19.5 Å². The molecule has 0 aliphatic heterocycles. The Bertz CT molecular complexity index is 687. The second-order valence-electron chi connectivity index (χ2n) is 4.77. The Balaban J connectivity index is 1.84. The second-order valence-corrected chi connectivity index (χ2v) is 7.72. The lowest BCUT2D eigenvalue weighted by Crippen LogP contribution is -2.39. The predicted molar refractivity (Wildman–Crippen MR) is 86.9 cm³/mol. The Morgan fingerprint density at radius 3 is 2.86 bits per heavy atom. The van der Waals surface area contributed by atoms with Crippen molar-refractivity contribution in [1.82, 2.24) is 25.0 Å². The van der Waals surface area contributed by atoms with Gasteiger partial charge in [0.1, 0.15) is 10.7 Å². The third-order valence-corrected chi connectivity index (χ3v) is 5.24. The van der Waals surface area contributed by atoms with Crippen molar-refractivity contribution in [2.24, 2.45) is 0 Å². The minimum atomic E-state index is -3.15. The average Bonchev–Trinajstić information content (AvgIpc) is 3.01. The zero-order valence-corrected chi connectivity index (χ0v) is 14.1. The molecule has 0 fully saturated rings. The monoisotopic (exact) mass is 341 g/mol. The number of hydrogen-bond donors (Lipinski definition) is 2. The van der Waals surface area contributed by atoms with Crippen LogP contribution in [0.5, 0.6) is 0 Å². The third-order valence-electron chi connectivity index (χ3n) is 2.96. The number of sulfonamides is 1. The summed E-state index contributed by atoms with van der Waals surface area (Å²) < 4.78 is 25.3. The van der Waals surface area contributed by atoms with Crippen molar-refractivity contribution in [2.75, 3.05) is 12.3 Å². The summed E-state index contributed by atoms with van der Waals surface area (Å²) in [4.78, 5) is 12.7. The number of rotatable bonds is 8. The SMILES string of the molecule is CCS(=O)(=O)NCC(C)NCc1csc(-c2cnccn2)n1. The minimum absolute atomic E-state index is 0.0167. The first kappa shape index (κ1) is 16.9. The summed E-state index contributed by atoms with van der Waals surface area (Å²) in [5, 5.41) is 6.02.